The molecule has 0 bridgehead atoms. The number of carboxylic acids is 1. The Balaban J connectivity index is 3.34. The van der Waals surface area contributed by atoms with E-state index in [9.17, 15) is 31.1 Å². The lowest BCUT2D eigenvalue weighted by molar-refractivity contribution is -0.150. The lowest BCUT2D eigenvalue weighted by Gasteiger charge is -2.12. The molecule has 1 aromatic heterocycles. The predicted molar refractivity (Wildman–Crippen MR) is 45.6 cm³/mol. The van der Waals surface area contributed by atoms with Crippen LogP contribution in [-0.2, 0) is 23.6 Å². The number of rotatable bonds is 2. The van der Waals surface area contributed by atoms with Gasteiger partial charge >= 0.3 is 18.3 Å². The van der Waals surface area contributed by atoms with Crippen LogP contribution in [0.5, 0.6) is 0 Å². The van der Waals surface area contributed by atoms with Crippen molar-refractivity contribution >= 4 is 5.97 Å². The van der Waals surface area contributed by atoms with Crippen LogP contribution in [0.3, 0.4) is 0 Å². The van der Waals surface area contributed by atoms with Crippen LogP contribution in [0.25, 0.3) is 0 Å². The summed E-state index contributed by atoms with van der Waals surface area (Å²) in [6, 6.07) is 0.562. The van der Waals surface area contributed by atoms with Crippen molar-refractivity contribution < 1.29 is 36.2 Å². The first kappa shape index (κ1) is 14.3. The molecule has 0 aliphatic carbocycles. The number of aliphatic carboxylic acids is 1. The van der Waals surface area contributed by atoms with E-state index in [1.165, 1.54) is 0 Å². The highest BCUT2D eigenvalue weighted by molar-refractivity contribution is 5.70. The molecule has 0 radical (unpaired) electrons. The minimum atomic E-state index is -5.07. The monoisotopic (exact) mass is 273 g/mol. The van der Waals surface area contributed by atoms with Gasteiger partial charge in [0.05, 0.1) is 6.42 Å². The van der Waals surface area contributed by atoms with Crippen molar-refractivity contribution in [3.8, 4) is 0 Å². The third-order valence-electron chi connectivity index (χ3n) is 1.82. The van der Waals surface area contributed by atoms with E-state index in [4.69, 9.17) is 5.11 Å². The average molecular weight is 273 g/mol. The van der Waals surface area contributed by atoms with Gasteiger partial charge in [-0.2, -0.15) is 26.3 Å². The van der Waals surface area contributed by atoms with Gasteiger partial charge < -0.3 is 5.11 Å². The SMILES string of the molecule is O=C(O)Cc1cc(C(F)(F)F)nc(C(F)(F)F)c1. The first-order valence-electron chi connectivity index (χ1n) is 4.37. The van der Waals surface area contributed by atoms with Crippen molar-refractivity contribution in [2.24, 2.45) is 0 Å². The van der Waals surface area contributed by atoms with Gasteiger partial charge in [-0.15, -0.1) is 0 Å². The van der Waals surface area contributed by atoms with Crippen LogP contribution in [0.4, 0.5) is 26.3 Å². The highest BCUT2D eigenvalue weighted by atomic mass is 19.4. The molecule has 0 aliphatic rings. The highest BCUT2D eigenvalue weighted by Gasteiger charge is 2.38. The summed E-state index contributed by atoms with van der Waals surface area (Å²) >= 11 is 0. The molecule has 0 unspecified atom stereocenters. The van der Waals surface area contributed by atoms with Gasteiger partial charge in [-0.1, -0.05) is 0 Å². The van der Waals surface area contributed by atoms with Crippen LogP contribution >= 0.6 is 0 Å². The molecule has 3 nitrogen and oxygen atoms in total. The lowest BCUT2D eigenvalue weighted by Crippen LogP contribution is -2.16. The van der Waals surface area contributed by atoms with Crippen LogP contribution in [-0.4, -0.2) is 16.1 Å². The van der Waals surface area contributed by atoms with Crippen LogP contribution in [0.1, 0.15) is 17.0 Å². The van der Waals surface area contributed by atoms with E-state index in [0.717, 1.165) is 0 Å². The normalized spacial score (nSPS) is 12.6. The molecule has 0 atom stereocenters. The predicted octanol–water partition coefficient (Wildman–Crippen LogP) is 2.75. The Morgan fingerprint density at radius 2 is 1.44 bits per heavy atom. The van der Waals surface area contributed by atoms with E-state index >= 15 is 0 Å². The summed E-state index contributed by atoms with van der Waals surface area (Å²) in [6.45, 7) is 0. The van der Waals surface area contributed by atoms with Gasteiger partial charge in [-0.05, 0) is 17.7 Å². The summed E-state index contributed by atoms with van der Waals surface area (Å²) in [5.74, 6) is -1.54. The van der Waals surface area contributed by atoms with Gasteiger partial charge in [-0.25, -0.2) is 4.98 Å². The minimum absolute atomic E-state index is 0.281. The van der Waals surface area contributed by atoms with Crippen molar-refractivity contribution in [1.82, 2.24) is 4.98 Å². The Morgan fingerprint density at radius 3 is 1.72 bits per heavy atom. The maximum Gasteiger partial charge on any atom is 0.433 e. The van der Waals surface area contributed by atoms with Gasteiger partial charge in [-0.3, -0.25) is 4.79 Å². The second-order valence-electron chi connectivity index (χ2n) is 3.31. The summed E-state index contributed by atoms with van der Waals surface area (Å²) in [6.07, 6.45) is -11.1. The van der Waals surface area contributed by atoms with Crippen LogP contribution in [0.15, 0.2) is 12.1 Å². The molecular weight excluding hydrogens is 268 g/mol. The maximum absolute atomic E-state index is 12.3. The molecule has 100 valence electrons. The quantitative estimate of drug-likeness (QED) is 0.843. The number of hydrogen-bond acceptors (Lipinski definition) is 2. The maximum atomic E-state index is 12.3. The fourth-order valence-electron chi connectivity index (χ4n) is 1.15. The lowest BCUT2D eigenvalue weighted by atomic mass is 10.1. The number of halogens is 6. The van der Waals surface area contributed by atoms with E-state index in [0.29, 0.717) is 0 Å². The third kappa shape index (κ3) is 3.60. The molecule has 0 saturated carbocycles. The number of hydrogen-bond donors (Lipinski definition) is 1. The smallest absolute Gasteiger partial charge is 0.433 e. The molecule has 0 amide bonds. The first-order chi connectivity index (χ1) is 8.00. The largest absolute Gasteiger partial charge is 0.481 e. The van der Waals surface area contributed by atoms with Gasteiger partial charge in [0.1, 0.15) is 11.4 Å². The summed E-state index contributed by atoms with van der Waals surface area (Å²) in [5, 5.41) is 8.37. The van der Waals surface area contributed by atoms with E-state index in [1.54, 1.807) is 0 Å². The molecule has 0 aliphatic heterocycles. The van der Waals surface area contributed by atoms with E-state index in [1.807, 2.05) is 0 Å². The minimum Gasteiger partial charge on any atom is -0.481 e. The molecule has 1 aromatic rings. The zero-order valence-corrected chi connectivity index (χ0v) is 8.43. The zero-order valence-electron chi connectivity index (χ0n) is 8.43. The molecule has 0 spiro atoms. The molecule has 1 rings (SSSR count). The Hall–Kier alpha value is -1.80. The Morgan fingerprint density at radius 1 is 1.06 bits per heavy atom. The molecule has 0 aromatic carbocycles. The van der Waals surface area contributed by atoms with Crippen molar-refractivity contribution in [3.05, 3.63) is 29.1 Å². The standard InChI is InChI=1S/C9H5F6NO2/c10-8(11,12)5-1-4(3-7(17)18)2-6(16-5)9(13,14)15/h1-2H,3H2,(H,17,18). The van der Waals surface area contributed by atoms with Crippen molar-refractivity contribution in [1.29, 1.82) is 0 Å². The van der Waals surface area contributed by atoms with Gasteiger partial charge in [0.25, 0.3) is 0 Å². The molecule has 1 N–H and O–H groups in total. The molecule has 9 heteroatoms. The van der Waals surface area contributed by atoms with Crippen molar-refractivity contribution in [2.45, 2.75) is 18.8 Å². The van der Waals surface area contributed by atoms with Crippen molar-refractivity contribution in [3.63, 3.8) is 0 Å². The Labute approximate surface area is 96.1 Å². The van der Waals surface area contributed by atoms with Gasteiger partial charge in [0, 0.05) is 0 Å². The third-order valence-corrected chi connectivity index (χ3v) is 1.82. The van der Waals surface area contributed by atoms with E-state index in [2.05, 4.69) is 4.98 Å². The van der Waals surface area contributed by atoms with Crippen LogP contribution in [0.2, 0.25) is 0 Å². The zero-order chi connectivity index (χ0) is 14.1. The summed E-state index contributed by atoms with van der Waals surface area (Å²) in [5.41, 5.74) is -4.15. The number of nitrogens with zero attached hydrogens (tertiary/aromatic N) is 1. The molecular formula is C9H5F6NO2. The summed E-state index contributed by atoms with van der Waals surface area (Å²) < 4.78 is 73.8. The number of aromatic nitrogens is 1. The molecule has 0 saturated heterocycles. The first-order valence-corrected chi connectivity index (χ1v) is 4.37. The second kappa shape index (κ2) is 4.46. The fourth-order valence-corrected chi connectivity index (χ4v) is 1.15. The second-order valence-corrected chi connectivity index (χ2v) is 3.31. The van der Waals surface area contributed by atoms with Crippen molar-refractivity contribution in [2.75, 3.05) is 0 Å². The Bertz CT molecular complexity index is 433. The number of carbonyl (C=O) groups is 1. The number of pyridine rings is 1. The number of alkyl halides is 6. The topological polar surface area (TPSA) is 50.2 Å². The summed E-state index contributed by atoms with van der Waals surface area (Å²) in [7, 11) is 0. The highest BCUT2D eigenvalue weighted by Crippen LogP contribution is 2.33. The number of carboxylic acid groups (broad SMARTS) is 1. The molecule has 1 heterocycles. The van der Waals surface area contributed by atoms with Gasteiger partial charge in [0.15, 0.2) is 0 Å². The molecule has 0 fully saturated rings. The fraction of sp³-hybridized carbons (Fsp3) is 0.333. The Kier molecular flexibility index (Phi) is 3.54. The average Bonchev–Trinajstić information content (AvgIpc) is 2.13. The van der Waals surface area contributed by atoms with E-state index < -0.39 is 41.7 Å². The molecule has 18 heavy (non-hydrogen) atoms. The van der Waals surface area contributed by atoms with E-state index in [-0.39, 0.29) is 12.1 Å². The van der Waals surface area contributed by atoms with Crippen LogP contribution < -0.4 is 0 Å². The summed E-state index contributed by atoms with van der Waals surface area (Å²) in [4.78, 5) is 12.7. The van der Waals surface area contributed by atoms with Gasteiger partial charge in [0.2, 0.25) is 0 Å². The van der Waals surface area contributed by atoms with Crippen LogP contribution in [0, 0.1) is 0 Å².